The number of hydrogen-bond acceptors (Lipinski definition) is 4. The molecule has 1 aromatic carbocycles. The zero-order valence-corrected chi connectivity index (χ0v) is 14.9. The number of esters is 1. The Labute approximate surface area is 144 Å². The van der Waals surface area contributed by atoms with Gasteiger partial charge in [0.05, 0.1) is 19.7 Å². The van der Waals surface area contributed by atoms with Crippen molar-refractivity contribution in [3.05, 3.63) is 29.8 Å². The molecule has 0 saturated heterocycles. The molecular weight excluding hydrogens is 304 g/mol. The van der Waals surface area contributed by atoms with Gasteiger partial charge in [-0.3, -0.25) is 14.5 Å². The van der Waals surface area contributed by atoms with Crippen molar-refractivity contribution in [2.45, 2.75) is 39.5 Å². The lowest BCUT2D eigenvalue weighted by molar-refractivity contribution is -0.144. The zero-order chi connectivity index (χ0) is 17.5. The first kappa shape index (κ1) is 18.5. The highest BCUT2D eigenvalue weighted by atomic mass is 16.5. The second-order valence-corrected chi connectivity index (χ2v) is 6.74. The summed E-state index contributed by atoms with van der Waals surface area (Å²) < 4.78 is 5.00. The number of carbonyl (C=O) groups is 2. The standard InChI is InChI=1S/C19H28N2O3/c1-4-24-19(23)13-21(11-15-5-6-15)12-18(22)20-17-9-7-16(8-10-17)14(2)3/h7-10,14-15H,4-6,11-13H2,1-3H3,(H,20,22). The Morgan fingerprint density at radius 3 is 2.42 bits per heavy atom. The molecule has 0 aliphatic heterocycles. The molecule has 0 radical (unpaired) electrons. The Morgan fingerprint density at radius 2 is 1.88 bits per heavy atom. The molecule has 1 aliphatic rings. The van der Waals surface area contributed by atoms with Crippen LogP contribution in [-0.4, -0.2) is 43.0 Å². The van der Waals surface area contributed by atoms with Crippen LogP contribution >= 0.6 is 0 Å². The van der Waals surface area contributed by atoms with Gasteiger partial charge in [0.15, 0.2) is 0 Å². The number of carbonyl (C=O) groups excluding carboxylic acids is 2. The van der Waals surface area contributed by atoms with Crippen molar-refractivity contribution in [2.24, 2.45) is 5.92 Å². The van der Waals surface area contributed by atoms with Crippen LogP contribution < -0.4 is 5.32 Å². The number of hydrogen-bond donors (Lipinski definition) is 1. The van der Waals surface area contributed by atoms with Gasteiger partial charge < -0.3 is 10.1 Å². The summed E-state index contributed by atoms with van der Waals surface area (Å²) in [7, 11) is 0. The lowest BCUT2D eigenvalue weighted by Gasteiger charge is -2.20. The highest BCUT2D eigenvalue weighted by molar-refractivity contribution is 5.92. The summed E-state index contributed by atoms with van der Waals surface area (Å²) in [6.45, 7) is 7.59. The molecule has 1 saturated carbocycles. The van der Waals surface area contributed by atoms with Gasteiger partial charge in [0, 0.05) is 12.2 Å². The number of amides is 1. The van der Waals surface area contributed by atoms with Gasteiger partial charge >= 0.3 is 5.97 Å². The minimum Gasteiger partial charge on any atom is -0.465 e. The maximum Gasteiger partial charge on any atom is 0.320 e. The minimum absolute atomic E-state index is 0.0998. The van der Waals surface area contributed by atoms with Gasteiger partial charge in [0.1, 0.15) is 0 Å². The summed E-state index contributed by atoms with van der Waals surface area (Å²) in [4.78, 5) is 25.9. The molecule has 5 heteroatoms. The van der Waals surface area contributed by atoms with Crippen LogP contribution in [-0.2, 0) is 14.3 Å². The first-order chi connectivity index (χ1) is 11.5. The molecular formula is C19H28N2O3. The summed E-state index contributed by atoms with van der Waals surface area (Å²) >= 11 is 0. The number of benzene rings is 1. The van der Waals surface area contributed by atoms with E-state index < -0.39 is 0 Å². The average Bonchev–Trinajstić information content (AvgIpc) is 3.31. The van der Waals surface area contributed by atoms with Crippen LogP contribution in [0, 0.1) is 5.92 Å². The molecule has 0 unspecified atom stereocenters. The fraction of sp³-hybridized carbons (Fsp3) is 0.579. The summed E-state index contributed by atoms with van der Waals surface area (Å²) in [5, 5.41) is 2.90. The average molecular weight is 332 g/mol. The monoisotopic (exact) mass is 332 g/mol. The Morgan fingerprint density at radius 1 is 1.21 bits per heavy atom. The van der Waals surface area contributed by atoms with Crippen molar-refractivity contribution in [3.63, 3.8) is 0 Å². The van der Waals surface area contributed by atoms with Crippen LogP contribution in [0.5, 0.6) is 0 Å². The first-order valence-corrected chi connectivity index (χ1v) is 8.75. The predicted molar refractivity (Wildman–Crippen MR) is 95.0 cm³/mol. The second kappa shape index (κ2) is 8.83. The lowest BCUT2D eigenvalue weighted by Crippen LogP contribution is -2.38. The molecule has 0 atom stereocenters. The Hall–Kier alpha value is -1.88. The van der Waals surface area contributed by atoms with E-state index in [1.54, 1.807) is 6.92 Å². The van der Waals surface area contributed by atoms with Crippen molar-refractivity contribution in [1.29, 1.82) is 0 Å². The maximum absolute atomic E-state index is 12.3. The van der Waals surface area contributed by atoms with Gasteiger partial charge in [0.25, 0.3) is 0 Å². The van der Waals surface area contributed by atoms with Crippen LogP contribution in [0.2, 0.25) is 0 Å². The van der Waals surface area contributed by atoms with Crippen LogP contribution in [0.25, 0.3) is 0 Å². The van der Waals surface area contributed by atoms with E-state index in [0.717, 1.165) is 12.2 Å². The maximum atomic E-state index is 12.3. The van der Waals surface area contributed by atoms with Crippen LogP contribution in [0.15, 0.2) is 24.3 Å². The molecule has 0 aromatic heterocycles. The fourth-order valence-electron chi connectivity index (χ4n) is 2.59. The fourth-order valence-corrected chi connectivity index (χ4v) is 2.59. The lowest BCUT2D eigenvalue weighted by atomic mass is 10.0. The molecule has 1 N–H and O–H groups in total. The van der Waals surface area contributed by atoms with Crippen molar-refractivity contribution < 1.29 is 14.3 Å². The van der Waals surface area contributed by atoms with E-state index >= 15 is 0 Å². The first-order valence-electron chi connectivity index (χ1n) is 8.75. The Bertz CT molecular complexity index is 550. The van der Waals surface area contributed by atoms with Crippen LogP contribution in [0.1, 0.15) is 45.1 Å². The van der Waals surface area contributed by atoms with E-state index in [0.29, 0.717) is 18.4 Å². The van der Waals surface area contributed by atoms with E-state index in [1.807, 2.05) is 29.2 Å². The number of nitrogens with zero attached hydrogens (tertiary/aromatic N) is 1. The van der Waals surface area contributed by atoms with Gasteiger partial charge in [-0.25, -0.2) is 0 Å². The molecule has 0 heterocycles. The summed E-state index contributed by atoms with van der Waals surface area (Å²) in [5.74, 6) is 0.704. The van der Waals surface area contributed by atoms with Crippen LogP contribution in [0.4, 0.5) is 5.69 Å². The number of anilines is 1. The van der Waals surface area contributed by atoms with Gasteiger partial charge in [-0.15, -0.1) is 0 Å². The van der Waals surface area contributed by atoms with Crippen molar-refractivity contribution >= 4 is 17.6 Å². The summed E-state index contributed by atoms with van der Waals surface area (Å²) in [6, 6.07) is 7.90. The highest BCUT2D eigenvalue weighted by Gasteiger charge is 2.26. The predicted octanol–water partition coefficient (Wildman–Crippen LogP) is 3.02. The van der Waals surface area contributed by atoms with Gasteiger partial charge in [0.2, 0.25) is 5.91 Å². The minimum atomic E-state index is -0.271. The normalized spacial score (nSPS) is 14.0. The van der Waals surface area contributed by atoms with Crippen molar-refractivity contribution in [1.82, 2.24) is 4.90 Å². The molecule has 1 aromatic rings. The number of nitrogens with one attached hydrogen (secondary N) is 1. The van der Waals surface area contributed by atoms with Gasteiger partial charge in [-0.05, 0) is 49.3 Å². The van der Waals surface area contributed by atoms with E-state index in [4.69, 9.17) is 4.74 Å². The SMILES string of the molecule is CCOC(=O)CN(CC(=O)Nc1ccc(C(C)C)cc1)CC1CC1. The quantitative estimate of drug-likeness (QED) is 0.706. The molecule has 1 fully saturated rings. The molecule has 5 nitrogen and oxygen atoms in total. The smallest absolute Gasteiger partial charge is 0.320 e. The van der Waals surface area contributed by atoms with E-state index in [-0.39, 0.29) is 25.0 Å². The third-order valence-electron chi connectivity index (χ3n) is 4.10. The van der Waals surface area contributed by atoms with E-state index in [9.17, 15) is 9.59 Å². The van der Waals surface area contributed by atoms with Crippen molar-refractivity contribution in [2.75, 3.05) is 31.6 Å². The molecule has 0 bridgehead atoms. The Kier molecular flexibility index (Phi) is 6.79. The summed E-state index contributed by atoms with van der Waals surface area (Å²) in [5.41, 5.74) is 2.03. The molecule has 24 heavy (non-hydrogen) atoms. The summed E-state index contributed by atoms with van der Waals surface area (Å²) in [6.07, 6.45) is 2.36. The van der Waals surface area contributed by atoms with Gasteiger partial charge in [-0.2, -0.15) is 0 Å². The van der Waals surface area contributed by atoms with Crippen molar-refractivity contribution in [3.8, 4) is 0 Å². The molecule has 1 amide bonds. The molecule has 1 aliphatic carbocycles. The number of rotatable bonds is 9. The van der Waals surface area contributed by atoms with Crippen LogP contribution in [0.3, 0.4) is 0 Å². The molecule has 132 valence electrons. The Balaban J connectivity index is 1.87. The zero-order valence-electron chi connectivity index (χ0n) is 14.9. The third kappa shape index (κ3) is 6.32. The van der Waals surface area contributed by atoms with E-state index in [1.165, 1.54) is 18.4 Å². The highest BCUT2D eigenvalue weighted by Crippen LogP contribution is 2.29. The van der Waals surface area contributed by atoms with E-state index in [2.05, 4.69) is 19.2 Å². The molecule has 0 spiro atoms. The topological polar surface area (TPSA) is 58.6 Å². The molecule has 2 rings (SSSR count). The second-order valence-electron chi connectivity index (χ2n) is 6.74. The largest absolute Gasteiger partial charge is 0.465 e. The number of ether oxygens (including phenoxy) is 1. The van der Waals surface area contributed by atoms with Gasteiger partial charge in [-0.1, -0.05) is 26.0 Å². The third-order valence-corrected chi connectivity index (χ3v) is 4.10.